The van der Waals surface area contributed by atoms with E-state index in [1.165, 1.54) is 0 Å². The Morgan fingerprint density at radius 3 is 2.59 bits per heavy atom. The van der Waals surface area contributed by atoms with Gasteiger partial charge < -0.3 is 20.2 Å². The van der Waals surface area contributed by atoms with Crippen LogP contribution >= 0.6 is 0 Å². The lowest BCUT2D eigenvalue weighted by Gasteiger charge is -2.20. The van der Waals surface area contributed by atoms with Gasteiger partial charge in [-0.25, -0.2) is 9.78 Å². The molecule has 2 heterocycles. The zero-order valence-electron chi connectivity index (χ0n) is 20.9. The van der Waals surface area contributed by atoms with Crippen LogP contribution in [0.2, 0.25) is 0 Å². The number of benzene rings is 2. The molecule has 9 heteroatoms. The molecule has 0 amide bonds. The molecule has 0 aliphatic heterocycles. The first-order valence-corrected chi connectivity index (χ1v) is 12.0. The molecule has 4 aromatic rings. The van der Waals surface area contributed by atoms with Crippen LogP contribution in [0.15, 0.2) is 59.1 Å². The molecule has 3 N–H and O–H groups in total. The maximum absolute atomic E-state index is 12.1. The Bertz CT molecular complexity index is 1440. The summed E-state index contributed by atoms with van der Waals surface area (Å²) in [4.78, 5) is 16.3. The van der Waals surface area contributed by atoms with E-state index in [-0.39, 0.29) is 6.42 Å². The smallest absolute Gasteiger partial charge is 0.326 e. The van der Waals surface area contributed by atoms with Crippen LogP contribution in [0.3, 0.4) is 0 Å². The van der Waals surface area contributed by atoms with E-state index in [0.29, 0.717) is 30.3 Å². The summed E-state index contributed by atoms with van der Waals surface area (Å²) in [6.07, 6.45) is 2.70. The van der Waals surface area contributed by atoms with Gasteiger partial charge >= 0.3 is 5.97 Å². The number of pyridine rings is 1. The van der Waals surface area contributed by atoms with Crippen molar-refractivity contribution >= 4 is 17.5 Å². The number of aromatic nitrogens is 3. The van der Waals surface area contributed by atoms with Gasteiger partial charge in [0.2, 0.25) is 11.8 Å². The molecule has 4 rings (SSSR count). The number of nitriles is 1. The number of hydrogen-bond donors (Lipinski definition) is 3. The van der Waals surface area contributed by atoms with Crippen LogP contribution in [-0.4, -0.2) is 32.3 Å². The molecule has 2 aromatic heterocycles. The summed E-state index contributed by atoms with van der Waals surface area (Å²) in [6, 6.07) is 16.1. The monoisotopic (exact) mass is 496 g/mol. The molecule has 0 spiro atoms. The van der Waals surface area contributed by atoms with Crippen molar-refractivity contribution in [2.24, 2.45) is 0 Å². The first kappa shape index (κ1) is 25.4. The number of carboxylic acid groups (broad SMARTS) is 1. The van der Waals surface area contributed by atoms with Gasteiger partial charge in [-0.15, -0.1) is 10.2 Å². The van der Waals surface area contributed by atoms with Crippen LogP contribution in [0.5, 0.6) is 0 Å². The van der Waals surface area contributed by atoms with Crippen molar-refractivity contribution in [2.75, 3.05) is 10.6 Å². The van der Waals surface area contributed by atoms with Gasteiger partial charge in [0.15, 0.2) is 0 Å². The number of nitrogens with one attached hydrogen (secondary N) is 2. The predicted octanol–water partition coefficient (Wildman–Crippen LogP) is 4.90. The molecule has 2 aromatic carbocycles. The summed E-state index contributed by atoms with van der Waals surface area (Å²) >= 11 is 0. The van der Waals surface area contributed by atoms with Crippen LogP contribution in [0.1, 0.15) is 40.6 Å². The molecule has 9 nitrogen and oxygen atoms in total. The molecule has 0 saturated carbocycles. The Morgan fingerprint density at radius 1 is 1.14 bits per heavy atom. The second-order valence-corrected chi connectivity index (χ2v) is 8.80. The van der Waals surface area contributed by atoms with Crippen LogP contribution in [0.4, 0.5) is 11.5 Å². The summed E-state index contributed by atoms with van der Waals surface area (Å²) in [5, 5.41) is 33.7. The van der Waals surface area contributed by atoms with Gasteiger partial charge in [-0.3, -0.25) is 0 Å². The van der Waals surface area contributed by atoms with E-state index in [1.807, 2.05) is 57.2 Å². The number of carboxylic acids is 1. The fraction of sp³-hybridized carbons (Fsp3) is 0.250. The highest BCUT2D eigenvalue weighted by Gasteiger charge is 2.21. The second kappa shape index (κ2) is 11.4. The Morgan fingerprint density at radius 2 is 1.92 bits per heavy atom. The van der Waals surface area contributed by atoms with E-state index in [0.717, 1.165) is 39.3 Å². The molecule has 188 valence electrons. The van der Waals surface area contributed by atoms with Gasteiger partial charge in [0.1, 0.15) is 11.9 Å². The fourth-order valence-electron chi connectivity index (χ4n) is 4.04. The third-order valence-electron chi connectivity index (χ3n) is 5.99. The minimum atomic E-state index is -0.952. The Kier molecular flexibility index (Phi) is 7.79. The molecule has 37 heavy (non-hydrogen) atoms. The van der Waals surface area contributed by atoms with E-state index in [4.69, 9.17) is 4.42 Å². The van der Waals surface area contributed by atoms with Gasteiger partial charge in [-0.2, -0.15) is 5.26 Å². The first-order valence-electron chi connectivity index (χ1n) is 12.0. The molecule has 0 saturated heterocycles. The summed E-state index contributed by atoms with van der Waals surface area (Å²) in [6.45, 7) is 6.20. The van der Waals surface area contributed by atoms with Crippen molar-refractivity contribution in [3.63, 3.8) is 0 Å². The predicted molar refractivity (Wildman–Crippen MR) is 140 cm³/mol. The topological polar surface area (TPSA) is 137 Å². The zero-order valence-corrected chi connectivity index (χ0v) is 20.9. The molecular formula is C28H28N6O3. The lowest BCUT2D eigenvalue weighted by molar-refractivity contribution is -0.137. The molecule has 0 bridgehead atoms. The van der Waals surface area contributed by atoms with Crippen LogP contribution < -0.4 is 10.6 Å². The average molecular weight is 497 g/mol. The summed E-state index contributed by atoms with van der Waals surface area (Å²) < 4.78 is 5.78. The van der Waals surface area contributed by atoms with E-state index in [2.05, 4.69) is 31.9 Å². The molecule has 0 radical (unpaired) electrons. The molecule has 1 atom stereocenters. The first-order chi connectivity index (χ1) is 17.9. The van der Waals surface area contributed by atoms with Crippen LogP contribution in [-0.2, 0) is 24.2 Å². The molecule has 0 fully saturated rings. The van der Waals surface area contributed by atoms with Gasteiger partial charge in [0.25, 0.3) is 0 Å². The number of carbonyl (C=O) groups is 1. The number of hydrogen-bond acceptors (Lipinski definition) is 8. The van der Waals surface area contributed by atoms with Gasteiger partial charge in [0.05, 0.1) is 18.2 Å². The van der Waals surface area contributed by atoms with Crippen molar-refractivity contribution in [1.29, 1.82) is 5.26 Å². The second-order valence-electron chi connectivity index (χ2n) is 8.80. The molecule has 1 unspecified atom stereocenters. The highest BCUT2D eigenvalue weighted by molar-refractivity contribution is 5.79. The minimum Gasteiger partial charge on any atom is -0.480 e. The molecular weight excluding hydrogens is 468 g/mol. The normalized spacial score (nSPS) is 11.5. The van der Waals surface area contributed by atoms with Crippen LogP contribution in [0.25, 0.3) is 11.5 Å². The average Bonchev–Trinajstić information content (AvgIpc) is 3.37. The van der Waals surface area contributed by atoms with Crippen molar-refractivity contribution < 1.29 is 14.3 Å². The van der Waals surface area contributed by atoms with E-state index < -0.39 is 12.0 Å². The quantitative estimate of drug-likeness (QED) is 0.280. The van der Waals surface area contributed by atoms with Crippen molar-refractivity contribution in [3.05, 3.63) is 88.4 Å². The van der Waals surface area contributed by atoms with Crippen molar-refractivity contribution in [2.45, 2.75) is 46.2 Å². The molecule has 0 aliphatic rings. The maximum Gasteiger partial charge on any atom is 0.326 e. The lowest BCUT2D eigenvalue weighted by atomic mass is 9.99. The number of anilines is 2. The number of rotatable bonds is 10. The zero-order chi connectivity index (χ0) is 26.4. The summed E-state index contributed by atoms with van der Waals surface area (Å²) in [5.74, 6) is 0.594. The number of aliphatic carboxylic acids is 1. The highest BCUT2D eigenvalue weighted by atomic mass is 16.4. The van der Waals surface area contributed by atoms with E-state index in [1.54, 1.807) is 18.3 Å². The van der Waals surface area contributed by atoms with Gasteiger partial charge in [-0.1, -0.05) is 19.1 Å². The largest absolute Gasteiger partial charge is 0.480 e. The lowest BCUT2D eigenvalue weighted by Crippen LogP contribution is -2.32. The number of aryl methyl sites for hydroxylation is 3. The Hall–Kier alpha value is -4.71. The third-order valence-corrected chi connectivity index (χ3v) is 5.99. The van der Waals surface area contributed by atoms with Gasteiger partial charge in [-0.05, 0) is 78.9 Å². The standard InChI is InChI=1S/C28H28N6O3/c1-4-21-13-20(15-29)12-18(3)26(21)32-23(28(35)36)14-19-5-7-22(8-6-19)27-34-33-25(37-27)16-31-24-11-17(2)9-10-30-24/h5-13,23,32H,4,14,16H2,1-3H3,(H,30,31)(H,35,36). The van der Waals surface area contributed by atoms with E-state index in [9.17, 15) is 15.2 Å². The number of nitrogens with zero attached hydrogens (tertiary/aromatic N) is 4. The highest BCUT2D eigenvalue weighted by Crippen LogP contribution is 2.26. The Labute approximate surface area is 215 Å². The minimum absolute atomic E-state index is 0.278. The third kappa shape index (κ3) is 6.30. The maximum atomic E-state index is 12.1. The van der Waals surface area contributed by atoms with E-state index >= 15 is 0 Å². The summed E-state index contributed by atoms with van der Waals surface area (Å²) in [5.41, 5.74) is 5.78. The molecule has 0 aliphatic carbocycles. The Balaban J connectivity index is 1.43. The van der Waals surface area contributed by atoms with Crippen LogP contribution in [0, 0.1) is 25.2 Å². The summed E-state index contributed by atoms with van der Waals surface area (Å²) in [7, 11) is 0. The van der Waals surface area contributed by atoms with Crippen molar-refractivity contribution in [3.8, 4) is 17.5 Å². The van der Waals surface area contributed by atoms with Crippen molar-refractivity contribution in [1.82, 2.24) is 15.2 Å². The SMILES string of the molecule is CCc1cc(C#N)cc(C)c1NC(Cc1ccc(-c2nnc(CNc3cc(C)ccn3)o2)cc1)C(=O)O. The van der Waals surface area contributed by atoms with Gasteiger partial charge in [0, 0.05) is 23.9 Å². The fourth-order valence-corrected chi connectivity index (χ4v) is 4.04.